The predicted octanol–water partition coefficient (Wildman–Crippen LogP) is 8.95. The number of benzene rings is 4. The second kappa shape index (κ2) is 24.0. The van der Waals surface area contributed by atoms with E-state index >= 15 is 0 Å². The molecule has 1 aliphatic heterocycles. The standard InChI is InChI=1S/C52H62N5O10P/c1-35(2)49(59)56(38(7)58)46-29-31-55(51(60)54-46)50-48(63-33-39-17-12-10-13-18-39)47(67-68(65-32-16-30-53)57(36(3)4)37(5)6)45(66-50)34-64-52(40-19-14-11-15-20-40,41-21-25-43(61-8)26-22-41)42-23-27-44(62-9)28-24-42/h10-15,17-29,31,35-37,45,47-48,50H,16,32-34H2,1-9H3/t45-,47-,48-,50-,68?/m1/s1. The number of carbonyl (C=O) groups excluding carboxylic acids is 2. The van der Waals surface area contributed by atoms with Gasteiger partial charge in [-0.2, -0.15) is 10.2 Å². The normalized spacial score (nSPS) is 17.6. The lowest BCUT2D eigenvalue weighted by Gasteiger charge is -2.39. The minimum atomic E-state index is -1.90. The molecule has 0 aliphatic carbocycles. The number of ether oxygens (including phenoxy) is 5. The summed E-state index contributed by atoms with van der Waals surface area (Å²) < 4.78 is 49.5. The fraction of sp³-hybridized carbons (Fsp3) is 0.404. The number of amides is 2. The topological polar surface area (TPSA) is 164 Å². The molecule has 0 saturated carbocycles. The van der Waals surface area contributed by atoms with Gasteiger partial charge in [0.2, 0.25) is 11.8 Å². The maximum Gasteiger partial charge on any atom is 0.351 e. The zero-order chi connectivity index (χ0) is 49.0. The van der Waals surface area contributed by atoms with E-state index in [-0.39, 0.29) is 44.1 Å². The van der Waals surface area contributed by atoms with Gasteiger partial charge in [0.1, 0.15) is 41.2 Å². The number of methoxy groups -OCH3 is 2. The van der Waals surface area contributed by atoms with Crippen LogP contribution in [0.5, 0.6) is 11.5 Å². The molecule has 1 saturated heterocycles. The highest BCUT2D eigenvalue weighted by Gasteiger charge is 2.52. The van der Waals surface area contributed by atoms with Crippen molar-refractivity contribution < 1.29 is 42.3 Å². The third-order valence-corrected chi connectivity index (χ3v) is 13.6. The lowest BCUT2D eigenvalue weighted by Crippen LogP contribution is -2.43. The Kier molecular flexibility index (Phi) is 18.2. The van der Waals surface area contributed by atoms with Crippen molar-refractivity contribution in [2.45, 2.75) is 104 Å². The first-order valence-electron chi connectivity index (χ1n) is 22.7. The molecule has 0 radical (unpaired) electrons. The van der Waals surface area contributed by atoms with Crippen molar-refractivity contribution in [1.82, 2.24) is 14.2 Å². The zero-order valence-corrected chi connectivity index (χ0v) is 41.1. The third kappa shape index (κ3) is 11.9. The smallest absolute Gasteiger partial charge is 0.351 e. The number of hydrogen-bond acceptors (Lipinski definition) is 13. The van der Waals surface area contributed by atoms with Gasteiger partial charge >= 0.3 is 5.69 Å². The highest BCUT2D eigenvalue weighted by molar-refractivity contribution is 7.44. The Morgan fingerprint density at radius 2 is 1.37 bits per heavy atom. The highest BCUT2D eigenvalue weighted by atomic mass is 31.2. The lowest BCUT2D eigenvalue weighted by atomic mass is 9.80. The lowest BCUT2D eigenvalue weighted by molar-refractivity contribution is -0.127. The van der Waals surface area contributed by atoms with Crippen molar-refractivity contribution in [3.05, 3.63) is 154 Å². The molecule has 68 heavy (non-hydrogen) atoms. The van der Waals surface area contributed by atoms with Gasteiger partial charge in [0.15, 0.2) is 6.23 Å². The fourth-order valence-corrected chi connectivity index (χ4v) is 10.00. The first kappa shape index (κ1) is 51.6. The fourth-order valence-electron chi connectivity index (χ4n) is 8.23. The van der Waals surface area contributed by atoms with Crippen LogP contribution in [0.1, 0.15) is 83.4 Å². The first-order chi connectivity index (χ1) is 32.7. The zero-order valence-electron chi connectivity index (χ0n) is 40.2. The molecule has 2 heterocycles. The van der Waals surface area contributed by atoms with Crippen LogP contribution in [0.3, 0.4) is 0 Å². The number of anilines is 1. The van der Waals surface area contributed by atoms with E-state index in [1.54, 1.807) is 28.1 Å². The number of nitrogens with zero attached hydrogens (tertiary/aromatic N) is 5. The van der Waals surface area contributed by atoms with Crippen LogP contribution in [0.4, 0.5) is 5.82 Å². The van der Waals surface area contributed by atoms with Gasteiger partial charge in [0.25, 0.3) is 8.53 Å². The summed E-state index contributed by atoms with van der Waals surface area (Å²) >= 11 is 0. The maximum absolute atomic E-state index is 14.4. The summed E-state index contributed by atoms with van der Waals surface area (Å²) in [5.41, 5.74) is 1.19. The summed E-state index contributed by atoms with van der Waals surface area (Å²) in [7, 11) is 1.32. The molecule has 1 aromatic heterocycles. The van der Waals surface area contributed by atoms with Crippen molar-refractivity contribution >= 4 is 26.2 Å². The molecule has 360 valence electrons. The Bertz CT molecular complexity index is 2450. The van der Waals surface area contributed by atoms with Crippen LogP contribution < -0.4 is 20.1 Å². The molecule has 1 aliphatic rings. The van der Waals surface area contributed by atoms with E-state index in [9.17, 15) is 19.6 Å². The van der Waals surface area contributed by atoms with Crippen LogP contribution in [-0.4, -0.2) is 83.9 Å². The van der Waals surface area contributed by atoms with Crippen molar-refractivity contribution in [3.63, 3.8) is 0 Å². The average molecular weight is 948 g/mol. The van der Waals surface area contributed by atoms with Gasteiger partial charge in [0.05, 0.1) is 46.5 Å². The van der Waals surface area contributed by atoms with E-state index in [1.165, 1.54) is 23.8 Å². The molecular formula is C52H62N5O10P. The molecule has 4 aromatic carbocycles. The number of hydrogen-bond donors (Lipinski definition) is 0. The van der Waals surface area contributed by atoms with Gasteiger partial charge in [-0.15, -0.1) is 0 Å². The SMILES string of the molecule is COc1ccc(C(OC[C@H]2O[C@@H](n3ccc(N(C(C)=O)C(=O)C(C)C)nc3=O)[C@H](OCc3ccccc3)[C@@H]2OP(OCCC#N)N(C(C)C)C(C)C)(c2ccccc2)c2ccc(OC)cc2)cc1. The summed E-state index contributed by atoms with van der Waals surface area (Å²) in [5, 5.41) is 9.57. The second-order valence-corrected chi connectivity index (χ2v) is 18.5. The van der Waals surface area contributed by atoms with Gasteiger partial charge in [-0.3, -0.25) is 14.2 Å². The Hall–Kier alpha value is -5.82. The summed E-state index contributed by atoms with van der Waals surface area (Å²) in [6, 6.07) is 38.3. The molecule has 16 heteroatoms. The Morgan fingerprint density at radius 3 is 1.87 bits per heavy atom. The van der Waals surface area contributed by atoms with E-state index in [4.69, 9.17) is 32.7 Å². The van der Waals surface area contributed by atoms with E-state index in [2.05, 4.69) is 15.7 Å². The number of aromatic nitrogens is 2. The number of carbonyl (C=O) groups is 2. The summed E-state index contributed by atoms with van der Waals surface area (Å²) in [4.78, 5) is 45.5. The van der Waals surface area contributed by atoms with E-state index in [0.29, 0.717) is 11.5 Å². The minimum Gasteiger partial charge on any atom is -0.497 e. The number of rotatable bonds is 22. The second-order valence-electron chi connectivity index (χ2n) is 17.1. The summed E-state index contributed by atoms with van der Waals surface area (Å²) in [6.07, 6.45) is -2.53. The quantitative estimate of drug-likeness (QED) is 0.0367. The average Bonchev–Trinajstić information content (AvgIpc) is 3.67. The van der Waals surface area contributed by atoms with Gasteiger partial charge in [-0.25, -0.2) is 14.4 Å². The number of imide groups is 1. The monoisotopic (exact) mass is 947 g/mol. The molecule has 1 unspecified atom stereocenters. The van der Waals surface area contributed by atoms with Gasteiger partial charge in [0, 0.05) is 31.1 Å². The van der Waals surface area contributed by atoms with Crippen molar-refractivity contribution in [2.24, 2.45) is 5.92 Å². The van der Waals surface area contributed by atoms with Crippen LogP contribution in [0.15, 0.2) is 126 Å². The molecule has 6 rings (SSSR count). The maximum atomic E-state index is 14.4. The van der Waals surface area contributed by atoms with Gasteiger partial charge < -0.3 is 32.7 Å². The summed E-state index contributed by atoms with van der Waals surface area (Å²) in [6.45, 7) is 12.8. The van der Waals surface area contributed by atoms with Crippen molar-refractivity contribution in [2.75, 3.05) is 32.3 Å². The molecule has 5 aromatic rings. The largest absolute Gasteiger partial charge is 0.497 e. The van der Waals surface area contributed by atoms with Crippen LogP contribution >= 0.6 is 8.53 Å². The summed E-state index contributed by atoms with van der Waals surface area (Å²) in [5.74, 6) is -0.427. The molecule has 1 fully saturated rings. The molecule has 0 bridgehead atoms. The van der Waals surface area contributed by atoms with Crippen molar-refractivity contribution in [3.8, 4) is 17.6 Å². The Balaban J connectivity index is 1.54. The first-order valence-corrected chi connectivity index (χ1v) is 23.8. The molecule has 15 nitrogen and oxygen atoms in total. The van der Waals surface area contributed by atoms with Crippen LogP contribution in [0, 0.1) is 17.2 Å². The minimum absolute atomic E-state index is 0.0484. The van der Waals surface area contributed by atoms with Crippen LogP contribution in [-0.2, 0) is 45.1 Å². The molecular weight excluding hydrogens is 886 g/mol. The highest BCUT2D eigenvalue weighted by Crippen LogP contribution is 2.51. The Morgan fingerprint density at radius 1 is 0.809 bits per heavy atom. The van der Waals surface area contributed by atoms with E-state index < -0.39 is 62.1 Å². The molecule has 0 spiro atoms. The predicted molar refractivity (Wildman–Crippen MR) is 259 cm³/mol. The molecule has 0 N–H and O–H groups in total. The number of nitriles is 1. The van der Waals surface area contributed by atoms with Crippen LogP contribution in [0.25, 0.3) is 0 Å². The van der Waals surface area contributed by atoms with E-state index in [0.717, 1.165) is 27.2 Å². The molecule has 5 atom stereocenters. The van der Waals surface area contributed by atoms with Gasteiger partial charge in [-0.05, 0) is 80.3 Å². The van der Waals surface area contributed by atoms with Crippen LogP contribution in [0.2, 0.25) is 0 Å². The third-order valence-electron chi connectivity index (χ3n) is 11.4. The molecule has 2 amide bonds. The van der Waals surface area contributed by atoms with Gasteiger partial charge in [-0.1, -0.05) is 98.8 Å². The van der Waals surface area contributed by atoms with Crippen molar-refractivity contribution in [1.29, 1.82) is 5.26 Å². The Labute approximate surface area is 400 Å². The van der Waals surface area contributed by atoms with E-state index in [1.807, 2.05) is 137 Å².